The second-order valence-electron chi connectivity index (χ2n) is 7.44. The molecule has 1 saturated heterocycles. The fourth-order valence-electron chi connectivity index (χ4n) is 3.45. The summed E-state index contributed by atoms with van der Waals surface area (Å²) in [6.07, 6.45) is 1.59. The summed E-state index contributed by atoms with van der Waals surface area (Å²) in [5.74, 6) is 0.348. The van der Waals surface area contributed by atoms with Gasteiger partial charge in [-0.15, -0.1) is 0 Å². The van der Waals surface area contributed by atoms with Crippen LogP contribution in [-0.2, 0) is 17.9 Å². The zero-order valence-corrected chi connectivity index (χ0v) is 20.0. The van der Waals surface area contributed by atoms with Gasteiger partial charge in [0.1, 0.15) is 6.61 Å². The number of nitro groups is 1. The van der Waals surface area contributed by atoms with Gasteiger partial charge < -0.3 is 9.47 Å². The van der Waals surface area contributed by atoms with Crippen LogP contribution in [0.2, 0.25) is 5.02 Å². The Balaban J connectivity index is 1.55. The van der Waals surface area contributed by atoms with E-state index in [1.54, 1.807) is 66.7 Å². The lowest BCUT2D eigenvalue weighted by molar-refractivity contribution is -0.385. The Morgan fingerprint density at radius 2 is 1.74 bits per heavy atom. The molecular weight excluding hydrogens is 492 g/mol. The van der Waals surface area contributed by atoms with Crippen molar-refractivity contribution in [1.82, 2.24) is 4.90 Å². The van der Waals surface area contributed by atoms with Crippen LogP contribution in [0.1, 0.15) is 16.7 Å². The van der Waals surface area contributed by atoms with Crippen LogP contribution >= 0.6 is 23.4 Å². The number of rotatable bonds is 8. The van der Waals surface area contributed by atoms with Crippen molar-refractivity contribution in [2.45, 2.75) is 13.2 Å². The molecule has 3 aromatic rings. The molecule has 1 aliphatic heterocycles. The van der Waals surface area contributed by atoms with E-state index in [1.807, 2.05) is 0 Å². The number of imide groups is 1. The minimum Gasteiger partial charge on any atom is -0.493 e. The summed E-state index contributed by atoms with van der Waals surface area (Å²) in [6.45, 7) is 0.0276. The Labute approximate surface area is 210 Å². The van der Waals surface area contributed by atoms with Gasteiger partial charge in [0.25, 0.3) is 16.8 Å². The summed E-state index contributed by atoms with van der Waals surface area (Å²) in [6, 6.07) is 18.4. The third kappa shape index (κ3) is 5.47. The first-order valence-corrected chi connectivity index (χ1v) is 11.6. The minimum absolute atomic E-state index is 0.0465. The highest BCUT2D eigenvalue weighted by Gasteiger charge is 2.35. The Hall–Kier alpha value is -3.82. The number of hydrogen-bond acceptors (Lipinski definition) is 7. The summed E-state index contributed by atoms with van der Waals surface area (Å²) in [7, 11) is 1.48. The van der Waals surface area contributed by atoms with Crippen molar-refractivity contribution in [3.05, 3.63) is 103 Å². The number of nitrogens with zero attached hydrogens (tertiary/aromatic N) is 2. The number of hydrogen-bond donors (Lipinski definition) is 0. The molecule has 10 heteroatoms. The van der Waals surface area contributed by atoms with Crippen molar-refractivity contribution in [1.29, 1.82) is 0 Å². The van der Waals surface area contributed by atoms with Crippen LogP contribution in [0.3, 0.4) is 0 Å². The molecule has 2 amide bonds. The first-order valence-electron chi connectivity index (χ1n) is 10.4. The first kappa shape index (κ1) is 24.3. The van der Waals surface area contributed by atoms with E-state index in [0.29, 0.717) is 33.2 Å². The van der Waals surface area contributed by atoms with Crippen molar-refractivity contribution in [3.8, 4) is 11.5 Å². The molecule has 0 aromatic heterocycles. The number of benzene rings is 3. The fourth-order valence-corrected chi connectivity index (χ4v) is 4.48. The molecule has 1 aliphatic rings. The van der Waals surface area contributed by atoms with Gasteiger partial charge in [-0.1, -0.05) is 48.0 Å². The van der Waals surface area contributed by atoms with Gasteiger partial charge >= 0.3 is 0 Å². The fraction of sp³-hybridized carbons (Fsp3) is 0.120. The van der Waals surface area contributed by atoms with E-state index in [2.05, 4.69) is 0 Å². The van der Waals surface area contributed by atoms with Crippen molar-refractivity contribution in [3.63, 3.8) is 0 Å². The van der Waals surface area contributed by atoms with Crippen LogP contribution in [-0.4, -0.2) is 28.1 Å². The zero-order valence-electron chi connectivity index (χ0n) is 18.5. The lowest BCUT2D eigenvalue weighted by Gasteiger charge is -2.13. The van der Waals surface area contributed by atoms with E-state index < -0.39 is 10.8 Å². The molecule has 0 aliphatic carbocycles. The molecule has 8 nitrogen and oxygen atoms in total. The summed E-state index contributed by atoms with van der Waals surface area (Å²) in [4.78, 5) is 37.6. The number of para-hydroxylation sites is 1. The van der Waals surface area contributed by atoms with Gasteiger partial charge in [-0.3, -0.25) is 24.6 Å². The van der Waals surface area contributed by atoms with Crippen molar-refractivity contribution >= 4 is 46.3 Å². The normalized spacial score (nSPS) is 14.5. The van der Waals surface area contributed by atoms with Gasteiger partial charge in [0, 0.05) is 11.1 Å². The topological polar surface area (TPSA) is 99.0 Å². The Morgan fingerprint density at radius 3 is 2.46 bits per heavy atom. The number of carbonyl (C=O) groups is 2. The monoisotopic (exact) mass is 510 g/mol. The van der Waals surface area contributed by atoms with E-state index in [9.17, 15) is 19.7 Å². The first-order chi connectivity index (χ1) is 16.9. The van der Waals surface area contributed by atoms with E-state index in [4.69, 9.17) is 21.1 Å². The SMILES string of the molecule is COc1ccc(/C=C2\SC(=O)N(Cc3ccccc3Cl)C2=O)cc1OCc1ccccc1[N+](=O)[O-]. The lowest BCUT2D eigenvalue weighted by Crippen LogP contribution is -2.27. The van der Waals surface area contributed by atoms with E-state index >= 15 is 0 Å². The Bertz CT molecular complexity index is 1340. The number of ether oxygens (including phenoxy) is 2. The number of amides is 2. The number of thioether (sulfide) groups is 1. The molecule has 1 heterocycles. The Morgan fingerprint density at radius 1 is 1.03 bits per heavy atom. The van der Waals surface area contributed by atoms with Crippen molar-refractivity contribution in [2.75, 3.05) is 7.11 Å². The smallest absolute Gasteiger partial charge is 0.293 e. The molecule has 35 heavy (non-hydrogen) atoms. The lowest BCUT2D eigenvalue weighted by atomic mass is 10.1. The minimum atomic E-state index is -0.467. The molecule has 1 fully saturated rings. The molecule has 0 unspecified atom stereocenters. The maximum Gasteiger partial charge on any atom is 0.293 e. The van der Waals surface area contributed by atoms with Crippen LogP contribution in [0.15, 0.2) is 71.6 Å². The second-order valence-corrected chi connectivity index (χ2v) is 8.84. The van der Waals surface area contributed by atoms with Gasteiger partial charge in [0.05, 0.1) is 29.0 Å². The molecule has 0 radical (unpaired) electrons. The highest BCUT2D eigenvalue weighted by atomic mass is 35.5. The van der Waals surface area contributed by atoms with Crippen LogP contribution in [0, 0.1) is 10.1 Å². The molecule has 3 aromatic carbocycles. The standard InChI is InChI=1S/C25H19ClN2O6S/c1-33-21-11-10-16(12-22(21)34-15-18-7-3-5-9-20(18)28(31)32)13-23-24(29)27(25(30)35-23)14-17-6-2-4-8-19(17)26/h2-13H,14-15H2,1H3/b23-13-. The van der Waals surface area contributed by atoms with Crippen molar-refractivity contribution < 1.29 is 24.0 Å². The van der Waals surface area contributed by atoms with Crippen LogP contribution < -0.4 is 9.47 Å². The average molecular weight is 511 g/mol. The molecule has 0 N–H and O–H groups in total. The molecule has 0 bridgehead atoms. The summed E-state index contributed by atoms with van der Waals surface area (Å²) < 4.78 is 11.2. The number of carbonyl (C=O) groups excluding carboxylic acids is 2. The quantitative estimate of drug-likeness (QED) is 0.206. The van der Waals surface area contributed by atoms with Crippen molar-refractivity contribution in [2.24, 2.45) is 0 Å². The number of nitro benzene ring substituents is 1. The maximum absolute atomic E-state index is 12.9. The summed E-state index contributed by atoms with van der Waals surface area (Å²) in [5, 5.41) is 11.4. The van der Waals surface area contributed by atoms with Gasteiger partial charge in [-0.25, -0.2) is 0 Å². The van der Waals surface area contributed by atoms with E-state index in [0.717, 1.165) is 16.7 Å². The summed E-state index contributed by atoms with van der Waals surface area (Å²) >= 11 is 7.02. The highest BCUT2D eigenvalue weighted by molar-refractivity contribution is 8.18. The van der Waals surface area contributed by atoms with Crippen LogP contribution in [0.4, 0.5) is 10.5 Å². The zero-order chi connectivity index (χ0) is 24.9. The number of methoxy groups -OCH3 is 1. The van der Waals surface area contributed by atoms with Gasteiger partial charge in [-0.2, -0.15) is 0 Å². The molecule has 4 rings (SSSR count). The molecule has 178 valence electrons. The van der Waals surface area contributed by atoms with Gasteiger partial charge in [0.15, 0.2) is 11.5 Å². The van der Waals surface area contributed by atoms with Gasteiger partial charge in [-0.05, 0) is 53.2 Å². The predicted molar refractivity (Wildman–Crippen MR) is 133 cm³/mol. The van der Waals surface area contributed by atoms with E-state index in [1.165, 1.54) is 13.2 Å². The Kier molecular flexibility index (Phi) is 7.38. The highest BCUT2D eigenvalue weighted by Crippen LogP contribution is 2.36. The van der Waals surface area contributed by atoms with E-state index in [-0.39, 0.29) is 29.0 Å². The number of halogens is 1. The average Bonchev–Trinajstić information content (AvgIpc) is 3.11. The maximum atomic E-state index is 12.9. The second kappa shape index (κ2) is 10.6. The largest absolute Gasteiger partial charge is 0.493 e. The third-order valence-electron chi connectivity index (χ3n) is 5.22. The van der Waals surface area contributed by atoms with Crippen LogP contribution in [0.25, 0.3) is 6.08 Å². The summed E-state index contributed by atoms with van der Waals surface area (Å²) in [5.41, 5.74) is 1.64. The molecular formula is C25H19ClN2O6S. The molecule has 0 spiro atoms. The molecule has 0 saturated carbocycles. The third-order valence-corrected chi connectivity index (χ3v) is 6.49. The molecule has 0 atom stereocenters. The van der Waals surface area contributed by atoms with Gasteiger partial charge in [0.2, 0.25) is 0 Å². The predicted octanol–water partition coefficient (Wildman–Crippen LogP) is 6.07. The van der Waals surface area contributed by atoms with Crippen LogP contribution in [0.5, 0.6) is 11.5 Å².